The third kappa shape index (κ3) is 5.08. The topological polar surface area (TPSA) is 49.4 Å². The lowest BCUT2D eigenvalue weighted by Gasteiger charge is -2.29. The third-order valence-corrected chi connectivity index (χ3v) is 4.81. The van der Waals surface area contributed by atoms with Crippen LogP contribution in [-0.4, -0.2) is 28.8 Å². The molecule has 1 unspecified atom stereocenters. The van der Waals surface area contributed by atoms with E-state index >= 15 is 0 Å². The van der Waals surface area contributed by atoms with E-state index in [1.165, 1.54) is 18.4 Å². The highest BCUT2D eigenvalue weighted by Gasteiger charge is 2.27. The van der Waals surface area contributed by atoms with Crippen molar-refractivity contribution in [2.75, 3.05) is 0 Å². The summed E-state index contributed by atoms with van der Waals surface area (Å²) in [4.78, 5) is 26.9. The smallest absolute Gasteiger partial charge is 0.242 e. The summed E-state index contributed by atoms with van der Waals surface area (Å²) in [7, 11) is 0. The maximum absolute atomic E-state index is 12.6. The van der Waals surface area contributed by atoms with Gasteiger partial charge in [0.1, 0.15) is 6.04 Å². The number of rotatable bonds is 7. The van der Waals surface area contributed by atoms with E-state index in [4.69, 9.17) is 0 Å². The van der Waals surface area contributed by atoms with Gasteiger partial charge < -0.3 is 10.2 Å². The van der Waals surface area contributed by atoms with Crippen LogP contribution in [0.2, 0.25) is 0 Å². The molecule has 1 aliphatic rings. The largest absolute Gasteiger partial charge is 0.352 e. The lowest BCUT2D eigenvalue weighted by molar-refractivity contribution is -0.140. The molecule has 4 heteroatoms. The van der Waals surface area contributed by atoms with Gasteiger partial charge in [0, 0.05) is 19.0 Å². The first-order valence-electron chi connectivity index (χ1n) is 9.16. The molecule has 1 aromatic rings. The summed E-state index contributed by atoms with van der Waals surface area (Å²) >= 11 is 0. The highest BCUT2D eigenvalue weighted by atomic mass is 16.2. The van der Waals surface area contributed by atoms with Crippen molar-refractivity contribution < 1.29 is 9.59 Å². The van der Waals surface area contributed by atoms with Gasteiger partial charge in [-0.05, 0) is 38.7 Å². The lowest BCUT2D eigenvalue weighted by atomic mass is 10.1. The summed E-state index contributed by atoms with van der Waals surface area (Å²) in [6.45, 7) is 6.36. The highest BCUT2D eigenvalue weighted by Crippen LogP contribution is 2.19. The summed E-state index contributed by atoms with van der Waals surface area (Å²) in [5, 5.41) is 3.12. The van der Waals surface area contributed by atoms with Crippen LogP contribution < -0.4 is 5.32 Å². The van der Waals surface area contributed by atoms with Crippen LogP contribution in [-0.2, 0) is 16.1 Å². The molecular weight excluding hydrogens is 300 g/mol. The first kappa shape index (κ1) is 18.5. The average Bonchev–Trinajstić information content (AvgIpc) is 3.06. The van der Waals surface area contributed by atoms with Crippen LogP contribution in [0.4, 0.5) is 0 Å². The first-order chi connectivity index (χ1) is 11.5. The van der Waals surface area contributed by atoms with Crippen LogP contribution in [0.5, 0.6) is 0 Å². The molecule has 0 heterocycles. The zero-order chi connectivity index (χ0) is 17.5. The Morgan fingerprint density at radius 3 is 2.42 bits per heavy atom. The summed E-state index contributed by atoms with van der Waals surface area (Å²) < 4.78 is 0. The van der Waals surface area contributed by atoms with Crippen molar-refractivity contribution in [3.63, 3.8) is 0 Å². The van der Waals surface area contributed by atoms with Crippen molar-refractivity contribution in [3.8, 4) is 0 Å². The van der Waals surface area contributed by atoms with Gasteiger partial charge in [0.05, 0.1) is 0 Å². The van der Waals surface area contributed by atoms with E-state index in [1.54, 1.807) is 4.90 Å². The molecule has 1 aromatic carbocycles. The number of amides is 2. The Hall–Kier alpha value is -1.84. The number of carbonyl (C=O) groups excluding carboxylic acids is 2. The van der Waals surface area contributed by atoms with Gasteiger partial charge in [-0.3, -0.25) is 9.59 Å². The Balaban J connectivity index is 2.06. The van der Waals surface area contributed by atoms with Gasteiger partial charge in [-0.1, -0.05) is 49.6 Å². The number of hydrogen-bond donors (Lipinski definition) is 1. The van der Waals surface area contributed by atoms with E-state index in [9.17, 15) is 9.59 Å². The minimum Gasteiger partial charge on any atom is -0.352 e. The standard InChI is InChI=1S/C20H30N2O2/c1-4-7-19(23)22(14-17-12-10-15(2)11-13-17)16(3)20(24)21-18-8-5-6-9-18/h10-13,16,18H,4-9,14H2,1-3H3,(H,21,24). The second-order valence-electron chi connectivity index (χ2n) is 6.92. The number of benzene rings is 1. The van der Waals surface area contributed by atoms with E-state index in [1.807, 2.05) is 45.0 Å². The highest BCUT2D eigenvalue weighted by molar-refractivity contribution is 5.87. The molecule has 0 saturated heterocycles. The fourth-order valence-corrected chi connectivity index (χ4v) is 3.22. The van der Waals surface area contributed by atoms with E-state index in [0.717, 1.165) is 24.8 Å². The molecule has 1 saturated carbocycles. The molecule has 1 aliphatic carbocycles. The second-order valence-corrected chi connectivity index (χ2v) is 6.92. The second kappa shape index (κ2) is 8.86. The third-order valence-electron chi connectivity index (χ3n) is 4.81. The van der Waals surface area contributed by atoms with Crippen LogP contribution in [0.1, 0.15) is 63.5 Å². The van der Waals surface area contributed by atoms with Crippen molar-refractivity contribution in [2.24, 2.45) is 0 Å². The minimum atomic E-state index is -0.439. The molecule has 0 aliphatic heterocycles. The van der Waals surface area contributed by atoms with E-state index in [-0.39, 0.29) is 17.9 Å². The van der Waals surface area contributed by atoms with Crippen molar-refractivity contribution in [3.05, 3.63) is 35.4 Å². The van der Waals surface area contributed by atoms with Crippen molar-refractivity contribution in [2.45, 2.75) is 77.9 Å². The summed E-state index contributed by atoms with van der Waals surface area (Å²) in [5.74, 6) is 0.0191. The normalized spacial score (nSPS) is 16.0. The van der Waals surface area contributed by atoms with Gasteiger partial charge in [-0.2, -0.15) is 0 Å². The molecule has 0 bridgehead atoms. The lowest BCUT2D eigenvalue weighted by Crippen LogP contribution is -2.49. The average molecular weight is 330 g/mol. The van der Waals surface area contributed by atoms with E-state index in [0.29, 0.717) is 13.0 Å². The maximum atomic E-state index is 12.6. The molecule has 1 atom stereocenters. The Kier molecular flexibility index (Phi) is 6.83. The number of hydrogen-bond acceptors (Lipinski definition) is 2. The molecule has 0 spiro atoms. The molecular formula is C20H30N2O2. The van der Waals surface area contributed by atoms with Crippen LogP contribution in [0.25, 0.3) is 0 Å². The molecule has 2 amide bonds. The van der Waals surface area contributed by atoms with Gasteiger partial charge >= 0.3 is 0 Å². The molecule has 1 fully saturated rings. The SMILES string of the molecule is CCCC(=O)N(Cc1ccc(C)cc1)C(C)C(=O)NC1CCCC1. The van der Waals surface area contributed by atoms with E-state index in [2.05, 4.69) is 5.32 Å². The van der Waals surface area contributed by atoms with Crippen LogP contribution in [0.3, 0.4) is 0 Å². The van der Waals surface area contributed by atoms with Gasteiger partial charge in [-0.25, -0.2) is 0 Å². The Bertz CT molecular complexity index is 547. The monoisotopic (exact) mass is 330 g/mol. The molecule has 0 radical (unpaired) electrons. The predicted octanol–water partition coefficient (Wildman–Crippen LogP) is 3.57. The molecule has 4 nitrogen and oxygen atoms in total. The minimum absolute atomic E-state index is 0.0292. The van der Waals surface area contributed by atoms with Gasteiger partial charge in [-0.15, -0.1) is 0 Å². The molecule has 24 heavy (non-hydrogen) atoms. The Morgan fingerprint density at radius 2 is 1.83 bits per heavy atom. The zero-order valence-electron chi connectivity index (χ0n) is 15.2. The van der Waals surface area contributed by atoms with Gasteiger partial charge in [0.25, 0.3) is 0 Å². The van der Waals surface area contributed by atoms with Crippen LogP contribution >= 0.6 is 0 Å². The fourth-order valence-electron chi connectivity index (χ4n) is 3.22. The number of carbonyl (C=O) groups is 2. The number of nitrogens with one attached hydrogen (secondary N) is 1. The number of aryl methyl sites for hydroxylation is 1. The van der Waals surface area contributed by atoms with E-state index < -0.39 is 6.04 Å². The molecule has 1 N–H and O–H groups in total. The molecule has 2 rings (SSSR count). The van der Waals surface area contributed by atoms with Gasteiger partial charge in [0.15, 0.2) is 0 Å². The molecule has 0 aromatic heterocycles. The zero-order valence-corrected chi connectivity index (χ0v) is 15.2. The Morgan fingerprint density at radius 1 is 1.21 bits per heavy atom. The summed E-state index contributed by atoms with van der Waals surface area (Å²) in [5.41, 5.74) is 2.25. The van der Waals surface area contributed by atoms with Crippen LogP contribution in [0, 0.1) is 6.92 Å². The first-order valence-corrected chi connectivity index (χ1v) is 9.16. The predicted molar refractivity (Wildman–Crippen MR) is 96.5 cm³/mol. The van der Waals surface area contributed by atoms with Gasteiger partial charge in [0.2, 0.25) is 11.8 Å². The van der Waals surface area contributed by atoms with Crippen molar-refractivity contribution in [1.29, 1.82) is 0 Å². The van der Waals surface area contributed by atoms with Crippen molar-refractivity contribution in [1.82, 2.24) is 10.2 Å². The van der Waals surface area contributed by atoms with Crippen LogP contribution in [0.15, 0.2) is 24.3 Å². The molecule has 132 valence electrons. The number of nitrogens with zero attached hydrogens (tertiary/aromatic N) is 1. The quantitative estimate of drug-likeness (QED) is 0.831. The maximum Gasteiger partial charge on any atom is 0.242 e. The fraction of sp³-hybridized carbons (Fsp3) is 0.600. The summed E-state index contributed by atoms with van der Waals surface area (Å²) in [6.07, 6.45) is 5.74. The van der Waals surface area contributed by atoms with Crippen molar-refractivity contribution >= 4 is 11.8 Å². The summed E-state index contributed by atoms with van der Waals surface area (Å²) in [6, 6.07) is 7.99. The Labute approximate surface area is 145 Å².